The second-order valence-electron chi connectivity index (χ2n) is 8.32. The van der Waals surface area contributed by atoms with Gasteiger partial charge in [0, 0.05) is 32.6 Å². The van der Waals surface area contributed by atoms with E-state index >= 15 is 0 Å². The van der Waals surface area contributed by atoms with E-state index in [1.165, 1.54) is 0 Å². The number of fused-ring (bicyclic) bond motifs is 1. The van der Waals surface area contributed by atoms with Gasteiger partial charge < -0.3 is 14.5 Å². The number of aromatic nitrogens is 5. The highest BCUT2D eigenvalue weighted by molar-refractivity contribution is 5.83. The molecule has 0 saturated carbocycles. The molecule has 0 atom stereocenters. The lowest BCUT2D eigenvalue weighted by molar-refractivity contribution is -0.131. The Kier molecular flexibility index (Phi) is 6.33. The lowest BCUT2D eigenvalue weighted by Crippen LogP contribution is -2.49. The van der Waals surface area contributed by atoms with Crippen molar-refractivity contribution in [3.05, 3.63) is 72.1 Å². The largest absolute Gasteiger partial charge is 0.497 e. The van der Waals surface area contributed by atoms with Crippen LogP contribution in [-0.4, -0.2) is 69.1 Å². The van der Waals surface area contributed by atoms with Gasteiger partial charge in [0.25, 0.3) is 0 Å². The molecule has 0 radical (unpaired) electrons. The van der Waals surface area contributed by atoms with Crippen LogP contribution in [0.3, 0.4) is 0 Å². The molecule has 0 spiro atoms. The van der Waals surface area contributed by atoms with E-state index in [1.807, 2.05) is 47.4 Å². The number of ether oxygens (including phenoxy) is 1. The van der Waals surface area contributed by atoms with Crippen LogP contribution in [0.1, 0.15) is 17.5 Å². The molecule has 9 nitrogen and oxygen atoms in total. The summed E-state index contributed by atoms with van der Waals surface area (Å²) in [5, 5.41) is 8.69. The topological polar surface area (TPSA) is 89.3 Å². The summed E-state index contributed by atoms with van der Waals surface area (Å²) in [6, 6.07) is 18.0. The van der Waals surface area contributed by atoms with Gasteiger partial charge in [-0.1, -0.05) is 47.7 Å². The number of carbonyl (C=O) groups is 1. The molecule has 0 aliphatic carbocycles. The third-order valence-corrected chi connectivity index (χ3v) is 6.17. The van der Waals surface area contributed by atoms with Crippen LogP contribution in [0.4, 0.5) is 5.82 Å². The summed E-state index contributed by atoms with van der Waals surface area (Å²) in [5.74, 6) is 1.77. The summed E-state index contributed by atoms with van der Waals surface area (Å²) in [5.41, 5.74) is 3.68. The van der Waals surface area contributed by atoms with Gasteiger partial charge in [0.2, 0.25) is 5.91 Å². The van der Waals surface area contributed by atoms with Crippen molar-refractivity contribution >= 4 is 22.9 Å². The molecule has 1 saturated heterocycles. The smallest absolute Gasteiger partial charge is 0.223 e. The highest BCUT2D eigenvalue weighted by Crippen LogP contribution is 2.22. The van der Waals surface area contributed by atoms with Gasteiger partial charge >= 0.3 is 0 Å². The monoisotopic (exact) mass is 457 g/mol. The Labute approximate surface area is 198 Å². The Bertz CT molecular complexity index is 1250. The molecule has 5 rings (SSSR count). The molecule has 4 aromatic rings. The number of hydrogen-bond acceptors (Lipinski definition) is 7. The second-order valence-corrected chi connectivity index (χ2v) is 8.32. The van der Waals surface area contributed by atoms with E-state index in [-0.39, 0.29) is 5.91 Å². The third-order valence-electron chi connectivity index (χ3n) is 6.17. The Hall–Kier alpha value is -4.01. The highest BCUT2D eigenvalue weighted by Gasteiger charge is 2.24. The molecule has 1 amide bonds. The Morgan fingerprint density at radius 2 is 1.71 bits per heavy atom. The first-order chi connectivity index (χ1) is 16.7. The van der Waals surface area contributed by atoms with Gasteiger partial charge in [0.05, 0.1) is 13.7 Å². The lowest BCUT2D eigenvalue weighted by atomic mass is 10.1. The van der Waals surface area contributed by atoms with Gasteiger partial charge in [-0.2, -0.15) is 0 Å². The fourth-order valence-electron chi connectivity index (χ4n) is 4.24. The molecule has 174 valence electrons. The van der Waals surface area contributed by atoms with Gasteiger partial charge in [-0.05, 0) is 29.7 Å². The van der Waals surface area contributed by atoms with Crippen molar-refractivity contribution in [3.8, 4) is 5.75 Å². The Morgan fingerprint density at radius 1 is 0.941 bits per heavy atom. The van der Waals surface area contributed by atoms with Crippen LogP contribution in [0.25, 0.3) is 11.2 Å². The molecule has 3 heterocycles. The number of rotatable bonds is 7. The van der Waals surface area contributed by atoms with Crippen LogP contribution in [0.5, 0.6) is 5.75 Å². The fraction of sp³-hybridized carbons (Fsp3) is 0.320. The van der Waals surface area contributed by atoms with E-state index in [1.54, 1.807) is 18.1 Å². The van der Waals surface area contributed by atoms with Crippen LogP contribution in [0.2, 0.25) is 0 Å². The van der Waals surface area contributed by atoms with Crippen molar-refractivity contribution < 1.29 is 9.53 Å². The maximum Gasteiger partial charge on any atom is 0.223 e. The molecular weight excluding hydrogens is 430 g/mol. The molecule has 2 aromatic heterocycles. The number of carbonyl (C=O) groups excluding carboxylic acids is 1. The summed E-state index contributed by atoms with van der Waals surface area (Å²) in [7, 11) is 1.65. The summed E-state index contributed by atoms with van der Waals surface area (Å²) in [6.07, 6.45) is 2.78. The minimum atomic E-state index is 0.178. The minimum Gasteiger partial charge on any atom is -0.497 e. The molecule has 2 aromatic carbocycles. The zero-order valence-corrected chi connectivity index (χ0v) is 19.2. The van der Waals surface area contributed by atoms with Crippen LogP contribution in [-0.2, 0) is 17.8 Å². The van der Waals surface area contributed by atoms with Gasteiger partial charge in [-0.15, -0.1) is 5.10 Å². The number of methoxy groups -OCH3 is 1. The number of aryl methyl sites for hydroxylation is 1. The molecule has 1 aliphatic heterocycles. The van der Waals surface area contributed by atoms with E-state index in [0.29, 0.717) is 50.3 Å². The van der Waals surface area contributed by atoms with E-state index in [2.05, 4.69) is 37.3 Å². The first-order valence-corrected chi connectivity index (χ1v) is 11.4. The van der Waals surface area contributed by atoms with Crippen molar-refractivity contribution in [2.75, 3.05) is 38.2 Å². The highest BCUT2D eigenvalue weighted by atomic mass is 16.5. The molecule has 9 heteroatoms. The predicted octanol–water partition coefficient (Wildman–Crippen LogP) is 2.56. The number of amides is 1. The van der Waals surface area contributed by atoms with Crippen LogP contribution in [0, 0.1) is 0 Å². The number of benzene rings is 2. The first-order valence-electron chi connectivity index (χ1n) is 11.4. The van der Waals surface area contributed by atoms with Crippen molar-refractivity contribution in [3.63, 3.8) is 0 Å². The molecule has 0 N–H and O–H groups in total. The normalized spacial score (nSPS) is 13.9. The van der Waals surface area contributed by atoms with Crippen LogP contribution >= 0.6 is 0 Å². The maximum atomic E-state index is 12.8. The maximum absolute atomic E-state index is 12.8. The van der Waals surface area contributed by atoms with Crippen LogP contribution < -0.4 is 9.64 Å². The number of nitrogens with zero attached hydrogens (tertiary/aromatic N) is 7. The van der Waals surface area contributed by atoms with Gasteiger partial charge in [-0.3, -0.25) is 4.79 Å². The third kappa shape index (κ3) is 4.68. The average Bonchev–Trinajstić information content (AvgIpc) is 3.31. The zero-order valence-electron chi connectivity index (χ0n) is 19.2. The van der Waals surface area contributed by atoms with Crippen LogP contribution in [0.15, 0.2) is 60.9 Å². The zero-order chi connectivity index (χ0) is 23.3. The number of anilines is 1. The number of piperazine rings is 1. The van der Waals surface area contributed by atoms with E-state index in [9.17, 15) is 4.79 Å². The molecule has 0 unspecified atom stereocenters. The van der Waals surface area contributed by atoms with E-state index in [0.717, 1.165) is 29.1 Å². The standard InChI is InChI=1S/C25H27N7O2/c1-34-21-10-7-19(8-11-21)9-12-22(33)30-13-15-31(16-14-30)24-23-25(27-18-26-24)32(29-28-23)17-20-5-3-2-4-6-20/h2-8,10-11,18H,9,12-17H2,1H3. The van der Waals surface area contributed by atoms with Crippen molar-refractivity contribution in [2.45, 2.75) is 19.4 Å². The summed E-state index contributed by atoms with van der Waals surface area (Å²) in [6.45, 7) is 3.32. The molecule has 1 aliphatic rings. The molecule has 1 fully saturated rings. The van der Waals surface area contributed by atoms with Gasteiger partial charge in [0.1, 0.15) is 12.1 Å². The lowest BCUT2D eigenvalue weighted by Gasteiger charge is -2.35. The SMILES string of the molecule is COc1ccc(CCC(=O)N2CCN(c3ncnc4c3nnn4Cc3ccccc3)CC2)cc1. The Morgan fingerprint density at radius 3 is 2.44 bits per heavy atom. The predicted molar refractivity (Wildman–Crippen MR) is 129 cm³/mol. The van der Waals surface area contributed by atoms with Gasteiger partial charge in [0.15, 0.2) is 17.0 Å². The fourth-order valence-corrected chi connectivity index (χ4v) is 4.24. The second kappa shape index (κ2) is 9.86. The molecule has 0 bridgehead atoms. The van der Waals surface area contributed by atoms with Crippen molar-refractivity contribution in [1.82, 2.24) is 29.9 Å². The van der Waals surface area contributed by atoms with Crippen molar-refractivity contribution in [1.29, 1.82) is 0 Å². The summed E-state index contributed by atoms with van der Waals surface area (Å²) < 4.78 is 6.99. The molecular formula is C25H27N7O2. The summed E-state index contributed by atoms with van der Waals surface area (Å²) >= 11 is 0. The minimum absolute atomic E-state index is 0.178. The van der Waals surface area contributed by atoms with E-state index < -0.39 is 0 Å². The van der Waals surface area contributed by atoms with Crippen molar-refractivity contribution in [2.24, 2.45) is 0 Å². The number of hydrogen-bond donors (Lipinski definition) is 0. The molecule has 34 heavy (non-hydrogen) atoms. The first kappa shape index (κ1) is 21.8. The average molecular weight is 458 g/mol. The Balaban J connectivity index is 1.20. The van der Waals surface area contributed by atoms with Gasteiger partial charge in [-0.25, -0.2) is 14.6 Å². The quantitative estimate of drug-likeness (QED) is 0.421. The van der Waals surface area contributed by atoms with E-state index in [4.69, 9.17) is 4.74 Å². The summed E-state index contributed by atoms with van der Waals surface area (Å²) in [4.78, 5) is 25.8.